The summed E-state index contributed by atoms with van der Waals surface area (Å²) in [6.45, 7) is 3.78. The van der Waals surface area contributed by atoms with Crippen LogP contribution in [0, 0.1) is 6.92 Å². The summed E-state index contributed by atoms with van der Waals surface area (Å²) in [7, 11) is 0. The molecule has 7 heteroatoms. The summed E-state index contributed by atoms with van der Waals surface area (Å²) in [6, 6.07) is 13.4. The summed E-state index contributed by atoms with van der Waals surface area (Å²) < 4.78 is 0. The molecule has 31 heavy (non-hydrogen) atoms. The maximum atomic E-state index is 13.4. The summed E-state index contributed by atoms with van der Waals surface area (Å²) in [6.07, 6.45) is 7.30. The lowest BCUT2D eigenvalue weighted by molar-refractivity contribution is 0.102. The highest BCUT2D eigenvalue weighted by molar-refractivity contribution is 6.11. The minimum atomic E-state index is -0.262. The molecule has 4 heterocycles. The van der Waals surface area contributed by atoms with Gasteiger partial charge in [-0.05, 0) is 44.0 Å². The molecule has 154 valence electrons. The second-order valence-electron chi connectivity index (χ2n) is 7.65. The number of pyridine rings is 2. The predicted octanol–water partition coefficient (Wildman–Crippen LogP) is 4.25. The summed E-state index contributed by atoms with van der Waals surface area (Å²) in [5.74, 6) is 0.390. The van der Waals surface area contributed by atoms with Gasteiger partial charge in [0.1, 0.15) is 0 Å². The third kappa shape index (κ3) is 3.82. The van der Waals surface area contributed by atoms with Gasteiger partial charge in [0.05, 0.1) is 22.5 Å². The van der Waals surface area contributed by atoms with E-state index in [1.165, 1.54) is 0 Å². The van der Waals surface area contributed by atoms with Gasteiger partial charge in [-0.15, -0.1) is 0 Å². The van der Waals surface area contributed by atoms with Crippen molar-refractivity contribution in [2.24, 2.45) is 0 Å². The topological polar surface area (TPSA) is 83.9 Å². The normalized spacial score (nSPS) is 13.5. The van der Waals surface area contributed by atoms with Gasteiger partial charge in [0.25, 0.3) is 5.91 Å². The molecule has 7 nitrogen and oxygen atoms in total. The largest absolute Gasteiger partial charge is 0.341 e. The number of hydrogen-bond acceptors (Lipinski definition) is 6. The number of amides is 1. The van der Waals surface area contributed by atoms with E-state index in [0.29, 0.717) is 22.9 Å². The van der Waals surface area contributed by atoms with Crippen LogP contribution in [0.4, 0.5) is 11.6 Å². The van der Waals surface area contributed by atoms with Crippen molar-refractivity contribution < 1.29 is 4.79 Å². The van der Waals surface area contributed by atoms with Crippen LogP contribution in [0.5, 0.6) is 0 Å². The van der Waals surface area contributed by atoms with E-state index in [0.717, 1.165) is 48.1 Å². The fraction of sp³-hybridized carbons (Fsp3) is 0.208. The van der Waals surface area contributed by atoms with Crippen LogP contribution >= 0.6 is 0 Å². The quantitative estimate of drug-likeness (QED) is 0.542. The SMILES string of the molecule is Cc1cc(NC(=O)c2cnc(N3CCCC3)nc2-c2cccnc2)c2ccccc2n1. The highest BCUT2D eigenvalue weighted by Crippen LogP contribution is 2.27. The molecule has 0 bridgehead atoms. The first kappa shape index (κ1) is 19.1. The van der Waals surface area contributed by atoms with Crippen LogP contribution in [0.1, 0.15) is 28.9 Å². The fourth-order valence-electron chi connectivity index (χ4n) is 3.93. The average molecular weight is 410 g/mol. The number of rotatable bonds is 4. The van der Waals surface area contributed by atoms with E-state index in [1.807, 2.05) is 49.4 Å². The van der Waals surface area contributed by atoms with Gasteiger partial charge in [-0.2, -0.15) is 0 Å². The molecule has 1 N–H and O–H groups in total. The highest BCUT2D eigenvalue weighted by atomic mass is 16.1. The number of aromatic nitrogens is 4. The molecule has 0 spiro atoms. The average Bonchev–Trinajstić information content (AvgIpc) is 3.34. The highest BCUT2D eigenvalue weighted by Gasteiger charge is 2.21. The number of carbonyl (C=O) groups is 1. The van der Waals surface area contributed by atoms with Crippen molar-refractivity contribution >= 4 is 28.4 Å². The summed E-state index contributed by atoms with van der Waals surface area (Å²) in [5, 5.41) is 3.94. The van der Waals surface area contributed by atoms with Crippen molar-refractivity contribution in [3.8, 4) is 11.3 Å². The second-order valence-corrected chi connectivity index (χ2v) is 7.65. The van der Waals surface area contributed by atoms with Crippen molar-refractivity contribution in [1.29, 1.82) is 0 Å². The van der Waals surface area contributed by atoms with E-state index < -0.39 is 0 Å². The fourth-order valence-corrected chi connectivity index (χ4v) is 3.93. The van der Waals surface area contributed by atoms with E-state index in [4.69, 9.17) is 4.98 Å². The van der Waals surface area contributed by atoms with Crippen molar-refractivity contribution in [3.05, 3.63) is 72.3 Å². The van der Waals surface area contributed by atoms with Crippen LogP contribution in [-0.4, -0.2) is 38.9 Å². The van der Waals surface area contributed by atoms with E-state index in [9.17, 15) is 4.79 Å². The Kier molecular flexibility index (Phi) is 5.00. The van der Waals surface area contributed by atoms with Crippen molar-refractivity contribution in [2.45, 2.75) is 19.8 Å². The van der Waals surface area contributed by atoms with Gasteiger partial charge in [-0.1, -0.05) is 18.2 Å². The first-order valence-electron chi connectivity index (χ1n) is 10.4. The van der Waals surface area contributed by atoms with Crippen LogP contribution in [-0.2, 0) is 0 Å². The molecule has 1 aliphatic rings. The Morgan fingerprint density at radius 1 is 1.03 bits per heavy atom. The maximum Gasteiger partial charge on any atom is 0.259 e. The van der Waals surface area contributed by atoms with E-state index in [1.54, 1.807) is 18.6 Å². The van der Waals surface area contributed by atoms with Crippen LogP contribution in [0.25, 0.3) is 22.2 Å². The molecule has 1 aliphatic heterocycles. The zero-order valence-corrected chi connectivity index (χ0v) is 17.2. The number of nitrogens with zero attached hydrogens (tertiary/aromatic N) is 5. The first-order valence-corrected chi connectivity index (χ1v) is 10.4. The molecule has 0 aliphatic carbocycles. The van der Waals surface area contributed by atoms with E-state index >= 15 is 0 Å². The summed E-state index contributed by atoms with van der Waals surface area (Å²) in [5.41, 5.74) is 4.17. The van der Waals surface area contributed by atoms with Gasteiger partial charge in [0, 0.05) is 48.3 Å². The zero-order chi connectivity index (χ0) is 21.2. The lowest BCUT2D eigenvalue weighted by atomic mass is 10.1. The molecular weight excluding hydrogens is 388 g/mol. The lowest BCUT2D eigenvalue weighted by Gasteiger charge is -2.17. The number of hydrogen-bond donors (Lipinski definition) is 1. The molecule has 1 amide bonds. The number of benzene rings is 1. The third-order valence-corrected chi connectivity index (χ3v) is 5.44. The Bertz CT molecular complexity index is 1250. The number of fused-ring (bicyclic) bond motifs is 1. The number of para-hydroxylation sites is 1. The molecule has 3 aromatic heterocycles. The van der Waals surface area contributed by atoms with Gasteiger partial charge >= 0.3 is 0 Å². The van der Waals surface area contributed by atoms with Crippen LogP contribution < -0.4 is 10.2 Å². The zero-order valence-electron chi connectivity index (χ0n) is 17.2. The van der Waals surface area contributed by atoms with Gasteiger partial charge in [-0.3, -0.25) is 14.8 Å². The van der Waals surface area contributed by atoms with Crippen LogP contribution in [0.3, 0.4) is 0 Å². The van der Waals surface area contributed by atoms with Crippen molar-refractivity contribution in [1.82, 2.24) is 19.9 Å². The molecule has 0 atom stereocenters. The Balaban J connectivity index is 1.56. The molecule has 1 saturated heterocycles. The number of carbonyl (C=O) groups excluding carboxylic acids is 1. The Hall–Kier alpha value is -3.87. The standard InChI is InChI=1S/C24H22N6O/c1-16-13-21(18-8-2-3-9-20(18)27-16)28-23(31)19-15-26-24(30-11-4-5-12-30)29-22(19)17-7-6-10-25-14-17/h2-3,6-10,13-15H,4-5,11-12H2,1H3,(H,27,28,31). The van der Waals surface area contributed by atoms with Gasteiger partial charge in [-0.25, -0.2) is 9.97 Å². The van der Waals surface area contributed by atoms with E-state index in [-0.39, 0.29) is 5.91 Å². The summed E-state index contributed by atoms with van der Waals surface area (Å²) in [4.78, 5) is 33.5. The smallest absolute Gasteiger partial charge is 0.259 e. The van der Waals surface area contributed by atoms with Crippen molar-refractivity contribution in [2.75, 3.05) is 23.3 Å². The summed E-state index contributed by atoms with van der Waals surface area (Å²) >= 11 is 0. The van der Waals surface area contributed by atoms with Gasteiger partial charge < -0.3 is 10.2 Å². The molecule has 5 rings (SSSR count). The van der Waals surface area contributed by atoms with Crippen LogP contribution in [0.15, 0.2) is 61.1 Å². The first-order chi connectivity index (χ1) is 15.2. The molecule has 0 unspecified atom stereocenters. The van der Waals surface area contributed by atoms with E-state index in [2.05, 4.69) is 25.2 Å². The molecule has 0 radical (unpaired) electrons. The molecular formula is C24H22N6O. The van der Waals surface area contributed by atoms with Crippen molar-refractivity contribution in [3.63, 3.8) is 0 Å². The predicted molar refractivity (Wildman–Crippen MR) is 121 cm³/mol. The molecule has 1 fully saturated rings. The third-order valence-electron chi connectivity index (χ3n) is 5.44. The van der Waals surface area contributed by atoms with Crippen LogP contribution in [0.2, 0.25) is 0 Å². The number of anilines is 2. The van der Waals surface area contributed by atoms with Gasteiger partial charge in [0.15, 0.2) is 0 Å². The number of nitrogens with one attached hydrogen (secondary N) is 1. The monoisotopic (exact) mass is 410 g/mol. The Morgan fingerprint density at radius 3 is 2.68 bits per heavy atom. The number of aryl methyl sites for hydroxylation is 1. The lowest BCUT2D eigenvalue weighted by Crippen LogP contribution is -2.22. The molecule has 1 aromatic carbocycles. The molecule has 4 aromatic rings. The second kappa shape index (κ2) is 8.10. The minimum absolute atomic E-state index is 0.262. The Labute approximate surface area is 180 Å². The minimum Gasteiger partial charge on any atom is -0.341 e. The maximum absolute atomic E-state index is 13.4. The Morgan fingerprint density at radius 2 is 1.87 bits per heavy atom. The van der Waals surface area contributed by atoms with Gasteiger partial charge in [0.2, 0.25) is 5.95 Å². The molecule has 0 saturated carbocycles.